The summed E-state index contributed by atoms with van der Waals surface area (Å²) in [4.78, 5) is 10.4. The van der Waals surface area contributed by atoms with Gasteiger partial charge in [0.25, 0.3) is 0 Å². The van der Waals surface area contributed by atoms with Gasteiger partial charge in [0.1, 0.15) is 5.82 Å². The lowest BCUT2D eigenvalue weighted by atomic mass is 10.3. The van der Waals surface area contributed by atoms with Gasteiger partial charge in [-0.15, -0.1) is 11.3 Å². The van der Waals surface area contributed by atoms with Gasteiger partial charge >= 0.3 is 0 Å². The van der Waals surface area contributed by atoms with Crippen LogP contribution in [0.4, 0.5) is 11.5 Å². The first kappa shape index (κ1) is 9.92. The Morgan fingerprint density at radius 2 is 2.27 bits per heavy atom. The fraction of sp³-hybridized carbons (Fsp3) is 0.200. The molecule has 0 aliphatic carbocycles. The maximum Gasteiger partial charge on any atom is 0.123 e. The van der Waals surface area contributed by atoms with Crippen LogP contribution in [0.5, 0.6) is 0 Å². The van der Waals surface area contributed by atoms with Gasteiger partial charge in [-0.2, -0.15) is 0 Å². The molecule has 0 unspecified atom stereocenters. The lowest BCUT2D eigenvalue weighted by Crippen LogP contribution is -2.16. The van der Waals surface area contributed by atoms with Crippen LogP contribution < -0.4 is 10.6 Å². The van der Waals surface area contributed by atoms with Crippen molar-refractivity contribution < 1.29 is 0 Å². The van der Waals surface area contributed by atoms with Crippen LogP contribution in [0, 0.1) is 0 Å². The maximum absolute atomic E-state index is 5.52. The smallest absolute Gasteiger partial charge is 0.123 e. The van der Waals surface area contributed by atoms with Crippen LogP contribution in [0.2, 0.25) is 0 Å². The molecule has 0 spiro atoms. The number of thiazole rings is 1. The van der Waals surface area contributed by atoms with E-state index in [2.05, 4.69) is 14.9 Å². The molecule has 0 saturated carbocycles. The molecule has 15 heavy (non-hydrogen) atoms. The van der Waals surface area contributed by atoms with Crippen LogP contribution in [-0.4, -0.2) is 17.0 Å². The number of aromatic nitrogens is 2. The third kappa shape index (κ3) is 2.44. The molecule has 2 N–H and O–H groups in total. The van der Waals surface area contributed by atoms with Gasteiger partial charge in [0.2, 0.25) is 0 Å². The summed E-state index contributed by atoms with van der Waals surface area (Å²) in [5, 5.41) is 2.04. The molecule has 4 nitrogen and oxygen atoms in total. The summed E-state index contributed by atoms with van der Waals surface area (Å²) in [5.74, 6) is 0.542. The molecule has 78 valence electrons. The van der Waals surface area contributed by atoms with Crippen LogP contribution in [0.3, 0.4) is 0 Å². The third-order valence-corrected chi connectivity index (χ3v) is 2.73. The molecule has 0 aliphatic rings. The number of anilines is 2. The van der Waals surface area contributed by atoms with E-state index in [1.54, 1.807) is 23.6 Å². The van der Waals surface area contributed by atoms with E-state index in [1.165, 1.54) is 0 Å². The first-order chi connectivity index (χ1) is 7.25. The van der Waals surface area contributed by atoms with Crippen molar-refractivity contribution in [2.24, 2.45) is 0 Å². The monoisotopic (exact) mass is 220 g/mol. The number of hydrogen-bond acceptors (Lipinski definition) is 5. The highest BCUT2D eigenvalue weighted by Crippen LogP contribution is 2.14. The van der Waals surface area contributed by atoms with Gasteiger partial charge in [-0.05, 0) is 12.1 Å². The third-order valence-electron chi connectivity index (χ3n) is 2.09. The molecule has 2 rings (SSSR count). The molecule has 0 amide bonds. The first-order valence-corrected chi connectivity index (χ1v) is 5.50. The van der Waals surface area contributed by atoms with Crippen LogP contribution in [0.15, 0.2) is 29.2 Å². The van der Waals surface area contributed by atoms with E-state index < -0.39 is 0 Å². The first-order valence-electron chi connectivity index (χ1n) is 4.55. The summed E-state index contributed by atoms with van der Waals surface area (Å²) in [6.07, 6.45) is 1.77. The van der Waals surface area contributed by atoms with Crippen molar-refractivity contribution in [1.82, 2.24) is 9.97 Å². The average molecular weight is 220 g/mol. The SMILES string of the molecule is CN(Cc1cscn1)c1ccc(N)nc1. The zero-order chi connectivity index (χ0) is 10.7. The molecule has 0 saturated heterocycles. The van der Waals surface area contributed by atoms with Gasteiger partial charge in [-0.1, -0.05) is 0 Å². The number of rotatable bonds is 3. The van der Waals surface area contributed by atoms with E-state index in [-0.39, 0.29) is 0 Å². The van der Waals surface area contributed by atoms with Crippen molar-refractivity contribution in [3.63, 3.8) is 0 Å². The highest BCUT2D eigenvalue weighted by molar-refractivity contribution is 7.07. The van der Waals surface area contributed by atoms with E-state index >= 15 is 0 Å². The van der Waals surface area contributed by atoms with Crippen LogP contribution in [0.25, 0.3) is 0 Å². The predicted molar refractivity (Wildman–Crippen MR) is 62.9 cm³/mol. The fourth-order valence-corrected chi connectivity index (χ4v) is 1.82. The lowest BCUT2D eigenvalue weighted by molar-refractivity contribution is 0.891. The Balaban J connectivity index is 2.08. The zero-order valence-corrected chi connectivity index (χ0v) is 9.24. The molecule has 0 fully saturated rings. The number of nitrogens with two attached hydrogens (primary N) is 1. The minimum absolute atomic E-state index is 0.542. The second-order valence-electron chi connectivity index (χ2n) is 3.28. The van der Waals surface area contributed by atoms with Crippen molar-refractivity contribution in [1.29, 1.82) is 0 Å². The normalized spacial score (nSPS) is 10.2. The number of hydrogen-bond donors (Lipinski definition) is 1. The largest absolute Gasteiger partial charge is 0.384 e. The summed E-state index contributed by atoms with van der Waals surface area (Å²) in [7, 11) is 2.01. The summed E-state index contributed by atoms with van der Waals surface area (Å²) in [6, 6.07) is 3.75. The molecular formula is C10H12N4S. The quantitative estimate of drug-likeness (QED) is 0.856. The Bertz CT molecular complexity index is 409. The fourth-order valence-electron chi connectivity index (χ4n) is 1.27. The van der Waals surface area contributed by atoms with Crippen molar-refractivity contribution in [2.75, 3.05) is 17.7 Å². The van der Waals surface area contributed by atoms with Gasteiger partial charge in [-0.25, -0.2) is 9.97 Å². The van der Waals surface area contributed by atoms with Crippen molar-refractivity contribution in [2.45, 2.75) is 6.54 Å². The minimum Gasteiger partial charge on any atom is -0.384 e. The predicted octanol–water partition coefficient (Wildman–Crippen LogP) is 1.76. The molecule has 5 heteroatoms. The van der Waals surface area contributed by atoms with Crippen LogP contribution in [-0.2, 0) is 6.54 Å². The Morgan fingerprint density at radius 1 is 1.40 bits per heavy atom. The second kappa shape index (κ2) is 4.27. The van der Waals surface area contributed by atoms with E-state index in [0.717, 1.165) is 17.9 Å². The summed E-state index contributed by atoms with van der Waals surface area (Å²) >= 11 is 1.61. The standard InChI is InChI=1S/C10H12N4S/c1-14(5-8-6-15-7-13-8)9-2-3-10(11)12-4-9/h2-4,6-7H,5H2,1H3,(H2,11,12). The van der Waals surface area contributed by atoms with Crippen LogP contribution >= 0.6 is 11.3 Å². The van der Waals surface area contributed by atoms with Crippen molar-refractivity contribution in [3.8, 4) is 0 Å². The topological polar surface area (TPSA) is 55.0 Å². The summed E-state index contributed by atoms with van der Waals surface area (Å²) in [5.41, 5.74) is 9.47. The van der Waals surface area contributed by atoms with Gasteiger partial charge in [-0.3, -0.25) is 0 Å². The highest BCUT2D eigenvalue weighted by Gasteiger charge is 2.03. The molecule has 0 atom stereocenters. The summed E-state index contributed by atoms with van der Waals surface area (Å²) in [6.45, 7) is 0.787. The van der Waals surface area contributed by atoms with E-state index in [0.29, 0.717) is 5.82 Å². The Hall–Kier alpha value is -1.62. The summed E-state index contributed by atoms with van der Waals surface area (Å²) < 4.78 is 0. The molecule has 0 aromatic carbocycles. The lowest BCUT2D eigenvalue weighted by Gasteiger charge is -2.17. The molecular weight excluding hydrogens is 208 g/mol. The molecule has 0 aliphatic heterocycles. The van der Waals surface area contributed by atoms with Gasteiger partial charge in [0, 0.05) is 12.4 Å². The number of nitrogen functional groups attached to an aromatic ring is 1. The Kier molecular flexibility index (Phi) is 2.82. The zero-order valence-electron chi connectivity index (χ0n) is 8.42. The second-order valence-corrected chi connectivity index (χ2v) is 4.00. The Morgan fingerprint density at radius 3 is 2.87 bits per heavy atom. The van der Waals surface area contributed by atoms with E-state index in [1.807, 2.05) is 24.0 Å². The molecule has 2 aromatic heterocycles. The van der Waals surface area contributed by atoms with Crippen molar-refractivity contribution in [3.05, 3.63) is 34.9 Å². The van der Waals surface area contributed by atoms with Crippen LogP contribution in [0.1, 0.15) is 5.69 Å². The molecule has 2 aromatic rings. The van der Waals surface area contributed by atoms with E-state index in [9.17, 15) is 0 Å². The number of pyridine rings is 1. The average Bonchev–Trinajstić information content (AvgIpc) is 2.71. The van der Waals surface area contributed by atoms with Gasteiger partial charge in [0.05, 0.1) is 29.6 Å². The minimum atomic E-state index is 0.542. The van der Waals surface area contributed by atoms with Gasteiger partial charge < -0.3 is 10.6 Å². The van der Waals surface area contributed by atoms with Gasteiger partial charge in [0.15, 0.2) is 0 Å². The number of nitrogens with zero attached hydrogens (tertiary/aromatic N) is 3. The maximum atomic E-state index is 5.52. The Labute approximate surface area is 92.4 Å². The van der Waals surface area contributed by atoms with E-state index in [4.69, 9.17) is 5.73 Å². The molecule has 0 radical (unpaired) electrons. The van der Waals surface area contributed by atoms with Crippen molar-refractivity contribution >= 4 is 22.8 Å². The highest BCUT2D eigenvalue weighted by atomic mass is 32.1. The molecule has 0 bridgehead atoms. The molecule has 2 heterocycles.